The molecule has 0 bridgehead atoms. The summed E-state index contributed by atoms with van der Waals surface area (Å²) in [5, 5.41) is 11.8. The molecule has 1 unspecified atom stereocenters. The molecule has 5 heteroatoms. The molecule has 0 radical (unpaired) electrons. The van der Waals surface area contributed by atoms with Crippen LogP contribution in [-0.2, 0) is 13.6 Å². The molecule has 0 amide bonds. The van der Waals surface area contributed by atoms with E-state index in [9.17, 15) is 0 Å². The van der Waals surface area contributed by atoms with E-state index in [0.29, 0.717) is 6.04 Å². The van der Waals surface area contributed by atoms with Gasteiger partial charge in [0.1, 0.15) is 11.6 Å². The zero-order chi connectivity index (χ0) is 11.5. The van der Waals surface area contributed by atoms with Crippen LogP contribution in [0.25, 0.3) is 0 Å². The normalized spacial score (nSPS) is 20.9. The second-order valence-corrected chi connectivity index (χ2v) is 4.71. The van der Waals surface area contributed by atoms with Crippen LogP contribution in [0.5, 0.6) is 0 Å². The predicted molar refractivity (Wildman–Crippen MR) is 63.1 cm³/mol. The lowest BCUT2D eigenvalue weighted by Crippen LogP contribution is -2.35. The summed E-state index contributed by atoms with van der Waals surface area (Å²) >= 11 is 0. The molecule has 1 N–H and O–H groups in total. The van der Waals surface area contributed by atoms with Gasteiger partial charge in [-0.2, -0.15) is 0 Å². The Morgan fingerprint density at radius 2 is 2.31 bits per heavy atom. The molecule has 1 aromatic rings. The van der Waals surface area contributed by atoms with Gasteiger partial charge in [-0.3, -0.25) is 4.90 Å². The molecule has 1 aliphatic heterocycles. The quantitative estimate of drug-likeness (QED) is 0.798. The average molecular weight is 223 g/mol. The number of likely N-dealkylation sites (N-methyl/N-ethyl adjacent to an activating group) is 1. The molecule has 2 rings (SSSR count). The van der Waals surface area contributed by atoms with Crippen molar-refractivity contribution in [1.82, 2.24) is 25.0 Å². The second-order valence-electron chi connectivity index (χ2n) is 4.71. The van der Waals surface area contributed by atoms with Crippen LogP contribution < -0.4 is 5.32 Å². The molecule has 2 heterocycles. The van der Waals surface area contributed by atoms with E-state index >= 15 is 0 Å². The standard InChI is InChI=1S/C11H21N5/c1-9-13-14-11(16(9)3)8-15(2)7-10-5-4-6-12-10/h10,12H,4-8H2,1-3H3. The number of nitrogens with one attached hydrogen (secondary N) is 1. The molecular formula is C11H21N5. The minimum Gasteiger partial charge on any atom is -0.317 e. The Morgan fingerprint density at radius 3 is 2.88 bits per heavy atom. The number of aromatic nitrogens is 3. The predicted octanol–water partition coefficient (Wildman–Crippen LogP) is 0.307. The zero-order valence-electron chi connectivity index (χ0n) is 10.4. The SMILES string of the molecule is Cc1nnc(CN(C)CC2CCCN2)n1C. The topological polar surface area (TPSA) is 46.0 Å². The Balaban J connectivity index is 1.86. The smallest absolute Gasteiger partial charge is 0.146 e. The van der Waals surface area contributed by atoms with Gasteiger partial charge in [-0.1, -0.05) is 0 Å². The van der Waals surface area contributed by atoms with Crippen LogP contribution in [0.1, 0.15) is 24.5 Å². The Labute approximate surface area is 96.8 Å². The van der Waals surface area contributed by atoms with Crippen molar-refractivity contribution in [3.63, 3.8) is 0 Å². The van der Waals surface area contributed by atoms with Gasteiger partial charge in [0.15, 0.2) is 0 Å². The van der Waals surface area contributed by atoms with E-state index in [1.165, 1.54) is 19.4 Å². The van der Waals surface area contributed by atoms with Gasteiger partial charge in [0.25, 0.3) is 0 Å². The van der Waals surface area contributed by atoms with Crippen LogP contribution in [0.2, 0.25) is 0 Å². The van der Waals surface area contributed by atoms with Crippen molar-refractivity contribution < 1.29 is 0 Å². The largest absolute Gasteiger partial charge is 0.317 e. The van der Waals surface area contributed by atoms with Gasteiger partial charge in [-0.05, 0) is 33.4 Å². The molecule has 1 aliphatic rings. The summed E-state index contributed by atoms with van der Waals surface area (Å²) in [5.41, 5.74) is 0. The first-order valence-corrected chi connectivity index (χ1v) is 5.93. The first kappa shape index (κ1) is 11.5. The summed E-state index contributed by atoms with van der Waals surface area (Å²) in [6.45, 7) is 5.11. The van der Waals surface area contributed by atoms with Crippen LogP contribution in [0, 0.1) is 6.92 Å². The zero-order valence-corrected chi connectivity index (χ0v) is 10.4. The fraction of sp³-hybridized carbons (Fsp3) is 0.818. The highest BCUT2D eigenvalue weighted by molar-refractivity contribution is 4.92. The molecule has 0 saturated carbocycles. The van der Waals surface area contributed by atoms with Crippen LogP contribution >= 0.6 is 0 Å². The lowest BCUT2D eigenvalue weighted by Gasteiger charge is -2.20. The van der Waals surface area contributed by atoms with Crippen LogP contribution in [0.3, 0.4) is 0 Å². The number of nitrogens with zero attached hydrogens (tertiary/aromatic N) is 4. The van der Waals surface area contributed by atoms with E-state index in [0.717, 1.165) is 24.7 Å². The van der Waals surface area contributed by atoms with E-state index in [1.807, 2.05) is 14.0 Å². The molecule has 1 fully saturated rings. The van der Waals surface area contributed by atoms with Gasteiger partial charge < -0.3 is 9.88 Å². The van der Waals surface area contributed by atoms with Gasteiger partial charge in [-0.15, -0.1) is 10.2 Å². The molecule has 0 aromatic carbocycles. The van der Waals surface area contributed by atoms with E-state index in [1.54, 1.807) is 0 Å². The lowest BCUT2D eigenvalue weighted by molar-refractivity contribution is 0.283. The maximum atomic E-state index is 4.18. The molecule has 5 nitrogen and oxygen atoms in total. The number of hydrogen-bond donors (Lipinski definition) is 1. The third-order valence-corrected chi connectivity index (χ3v) is 3.29. The monoisotopic (exact) mass is 223 g/mol. The van der Waals surface area contributed by atoms with Crippen molar-refractivity contribution in [2.24, 2.45) is 7.05 Å². The fourth-order valence-corrected chi connectivity index (χ4v) is 2.18. The van der Waals surface area contributed by atoms with E-state index in [-0.39, 0.29) is 0 Å². The third-order valence-electron chi connectivity index (χ3n) is 3.29. The van der Waals surface area contributed by atoms with E-state index < -0.39 is 0 Å². The molecule has 1 atom stereocenters. The maximum Gasteiger partial charge on any atom is 0.146 e. The van der Waals surface area contributed by atoms with Crippen molar-refractivity contribution in [3.8, 4) is 0 Å². The van der Waals surface area contributed by atoms with E-state index in [4.69, 9.17) is 0 Å². The first-order valence-electron chi connectivity index (χ1n) is 5.93. The average Bonchev–Trinajstić information content (AvgIpc) is 2.83. The van der Waals surface area contributed by atoms with Crippen molar-refractivity contribution in [2.75, 3.05) is 20.1 Å². The van der Waals surface area contributed by atoms with Crippen LogP contribution in [-0.4, -0.2) is 45.8 Å². The Kier molecular flexibility index (Phi) is 3.56. The van der Waals surface area contributed by atoms with Crippen molar-refractivity contribution in [1.29, 1.82) is 0 Å². The summed E-state index contributed by atoms with van der Waals surface area (Å²) in [4.78, 5) is 2.31. The molecule has 0 aliphatic carbocycles. The van der Waals surface area contributed by atoms with Gasteiger partial charge in [0.05, 0.1) is 6.54 Å². The maximum absolute atomic E-state index is 4.18. The minimum absolute atomic E-state index is 0.652. The number of rotatable bonds is 4. The first-order chi connectivity index (χ1) is 7.66. The molecule has 16 heavy (non-hydrogen) atoms. The molecular weight excluding hydrogens is 202 g/mol. The number of hydrogen-bond acceptors (Lipinski definition) is 4. The number of aryl methyl sites for hydroxylation is 1. The van der Waals surface area contributed by atoms with Crippen LogP contribution in [0.4, 0.5) is 0 Å². The minimum atomic E-state index is 0.652. The summed E-state index contributed by atoms with van der Waals surface area (Å²) in [6, 6.07) is 0.652. The highest BCUT2D eigenvalue weighted by atomic mass is 15.3. The Hall–Kier alpha value is -0.940. The van der Waals surface area contributed by atoms with Crippen molar-refractivity contribution in [3.05, 3.63) is 11.6 Å². The summed E-state index contributed by atoms with van der Waals surface area (Å²) in [6.07, 6.45) is 2.60. The molecule has 90 valence electrons. The summed E-state index contributed by atoms with van der Waals surface area (Å²) in [5.74, 6) is 2.01. The summed E-state index contributed by atoms with van der Waals surface area (Å²) in [7, 11) is 4.16. The van der Waals surface area contributed by atoms with E-state index in [2.05, 4.69) is 32.0 Å². The third kappa shape index (κ3) is 2.59. The van der Waals surface area contributed by atoms with Gasteiger partial charge in [-0.25, -0.2) is 0 Å². The van der Waals surface area contributed by atoms with Crippen molar-refractivity contribution in [2.45, 2.75) is 32.4 Å². The van der Waals surface area contributed by atoms with Gasteiger partial charge in [0, 0.05) is 19.6 Å². The highest BCUT2D eigenvalue weighted by Crippen LogP contribution is 2.08. The molecule has 0 spiro atoms. The van der Waals surface area contributed by atoms with Crippen molar-refractivity contribution >= 4 is 0 Å². The Bertz CT molecular complexity index is 340. The highest BCUT2D eigenvalue weighted by Gasteiger charge is 2.17. The Morgan fingerprint density at radius 1 is 1.50 bits per heavy atom. The summed E-state index contributed by atoms with van der Waals surface area (Å²) < 4.78 is 2.05. The lowest BCUT2D eigenvalue weighted by atomic mass is 10.2. The molecule has 1 saturated heterocycles. The second kappa shape index (κ2) is 4.93. The van der Waals surface area contributed by atoms with Gasteiger partial charge in [0.2, 0.25) is 0 Å². The molecule has 1 aromatic heterocycles. The fourth-order valence-electron chi connectivity index (χ4n) is 2.18. The van der Waals surface area contributed by atoms with Crippen LogP contribution in [0.15, 0.2) is 0 Å². The van der Waals surface area contributed by atoms with Gasteiger partial charge >= 0.3 is 0 Å².